The Morgan fingerprint density at radius 2 is 2.03 bits per heavy atom. The second kappa shape index (κ2) is 9.36. The summed E-state index contributed by atoms with van der Waals surface area (Å²) in [5.74, 6) is 0.394. The number of thiocarbonyl (C=S) groups is 1. The largest absolute Gasteiger partial charge is 0.493 e. The molecule has 158 valence electrons. The van der Waals surface area contributed by atoms with E-state index in [2.05, 4.69) is 49.1 Å². The molecule has 0 unspecified atom stereocenters. The Labute approximate surface area is 194 Å². The van der Waals surface area contributed by atoms with Gasteiger partial charge in [0.15, 0.2) is 5.11 Å². The highest BCUT2D eigenvalue weighted by atomic mass is 79.9. The molecule has 0 spiro atoms. The molecule has 0 bridgehead atoms. The quantitative estimate of drug-likeness (QED) is 0.526. The first-order valence-corrected chi connectivity index (χ1v) is 11.0. The van der Waals surface area contributed by atoms with Crippen molar-refractivity contribution >= 4 is 50.6 Å². The van der Waals surface area contributed by atoms with Gasteiger partial charge in [0.05, 0.1) is 16.8 Å². The van der Waals surface area contributed by atoms with Crippen LogP contribution in [0.3, 0.4) is 0 Å². The Morgan fingerprint density at radius 1 is 1.23 bits per heavy atom. The molecule has 8 heteroatoms. The van der Waals surface area contributed by atoms with Crippen molar-refractivity contribution in [3.05, 3.63) is 88.7 Å². The number of carbonyl (C=O) groups is 1. The van der Waals surface area contributed by atoms with Crippen LogP contribution >= 0.6 is 28.1 Å². The molecule has 1 amide bonds. The molecular weight excluding hydrogens is 476 g/mol. The molecule has 0 aromatic heterocycles. The zero-order valence-corrected chi connectivity index (χ0v) is 19.2. The van der Waals surface area contributed by atoms with Crippen molar-refractivity contribution in [2.24, 2.45) is 0 Å². The first-order chi connectivity index (χ1) is 15.0. The van der Waals surface area contributed by atoms with Gasteiger partial charge in [0, 0.05) is 23.7 Å². The maximum absolute atomic E-state index is 12.5. The molecule has 2 aliphatic heterocycles. The van der Waals surface area contributed by atoms with E-state index in [9.17, 15) is 4.79 Å². The molecule has 3 N–H and O–H groups in total. The van der Waals surface area contributed by atoms with Crippen molar-refractivity contribution in [1.82, 2.24) is 15.5 Å². The number of carbonyl (C=O) groups excluding carboxylic acids is 1. The molecule has 0 saturated heterocycles. The Hall–Kier alpha value is -3.10. The van der Waals surface area contributed by atoms with Crippen molar-refractivity contribution in [3.63, 3.8) is 0 Å². The van der Waals surface area contributed by atoms with Crippen LogP contribution in [0.5, 0.6) is 5.75 Å². The number of amides is 1. The summed E-state index contributed by atoms with van der Waals surface area (Å²) in [4.78, 5) is 14.6. The molecule has 0 aliphatic carbocycles. The number of allylic oxidation sites excluding steroid dienone is 2. The highest BCUT2D eigenvalue weighted by Crippen LogP contribution is 2.26. The minimum Gasteiger partial charge on any atom is -0.493 e. The van der Waals surface area contributed by atoms with E-state index in [1.165, 1.54) is 0 Å². The minimum atomic E-state index is -0.295. The predicted octanol–water partition coefficient (Wildman–Crippen LogP) is 4.59. The Bertz CT molecular complexity index is 1100. The first kappa shape index (κ1) is 21.1. The molecule has 2 heterocycles. The van der Waals surface area contributed by atoms with Crippen LogP contribution in [-0.2, 0) is 0 Å². The topological polar surface area (TPSA) is 65.6 Å². The van der Waals surface area contributed by atoms with Crippen molar-refractivity contribution in [3.8, 4) is 5.75 Å². The van der Waals surface area contributed by atoms with E-state index < -0.39 is 0 Å². The molecule has 0 saturated carbocycles. The number of rotatable bonds is 5. The van der Waals surface area contributed by atoms with E-state index in [0.29, 0.717) is 22.4 Å². The fourth-order valence-electron chi connectivity index (χ4n) is 3.25. The maximum atomic E-state index is 12.5. The van der Waals surface area contributed by atoms with Gasteiger partial charge in [-0.3, -0.25) is 10.1 Å². The van der Waals surface area contributed by atoms with Gasteiger partial charge in [-0.1, -0.05) is 18.2 Å². The Morgan fingerprint density at radius 3 is 2.74 bits per heavy atom. The summed E-state index contributed by atoms with van der Waals surface area (Å²) in [6, 6.07) is 13.0. The van der Waals surface area contributed by atoms with E-state index in [1.807, 2.05) is 49.5 Å². The van der Waals surface area contributed by atoms with Gasteiger partial charge in [0.2, 0.25) is 0 Å². The number of hydrogen-bond acceptors (Lipinski definition) is 5. The van der Waals surface area contributed by atoms with E-state index in [1.54, 1.807) is 18.2 Å². The zero-order valence-electron chi connectivity index (χ0n) is 16.8. The van der Waals surface area contributed by atoms with Crippen molar-refractivity contribution in [2.45, 2.75) is 13.1 Å². The van der Waals surface area contributed by atoms with E-state index >= 15 is 0 Å². The van der Waals surface area contributed by atoms with Gasteiger partial charge >= 0.3 is 0 Å². The van der Waals surface area contributed by atoms with Crippen molar-refractivity contribution in [2.75, 3.05) is 11.9 Å². The zero-order chi connectivity index (χ0) is 21.8. The Balaban J connectivity index is 1.35. The number of halogens is 1. The number of nitrogens with zero attached hydrogens (tertiary/aromatic N) is 1. The summed E-state index contributed by atoms with van der Waals surface area (Å²) in [5.41, 5.74) is 3.38. The van der Waals surface area contributed by atoms with Crippen molar-refractivity contribution < 1.29 is 9.53 Å². The normalized spacial score (nSPS) is 16.3. The third-order valence-electron chi connectivity index (χ3n) is 4.74. The number of hydrogen-bond donors (Lipinski definition) is 3. The molecule has 31 heavy (non-hydrogen) atoms. The number of benzene rings is 2. The summed E-state index contributed by atoms with van der Waals surface area (Å²) in [6.45, 7) is 2.46. The summed E-state index contributed by atoms with van der Waals surface area (Å²) >= 11 is 8.71. The molecule has 1 atom stereocenters. The lowest BCUT2D eigenvalue weighted by Gasteiger charge is -2.20. The molecule has 2 aliphatic rings. The van der Waals surface area contributed by atoms with Crippen LogP contribution in [0.4, 0.5) is 5.69 Å². The van der Waals surface area contributed by atoms with E-state index in [0.717, 1.165) is 16.9 Å². The molecule has 2 aromatic rings. The summed E-state index contributed by atoms with van der Waals surface area (Å²) in [5, 5.41) is 9.44. The second-order valence-corrected chi connectivity index (χ2v) is 8.13. The Kier molecular flexibility index (Phi) is 6.39. The SMILES string of the molecule is CCOc1ccc(C(=O)NC(=S)Nc2ccc(C3=CN4C=CC=C[C@@H]4N3)cc2)cc1Br. The molecule has 6 nitrogen and oxygen atoms in total. The molecule has 0 radical (unpaired) electrons. The fourth-order valence-corrected chi connectivity index (χ4v) is 3.95. The fraction of sp³-hybridized carbons (Fsp3) is 0.130. The van der Waals surface area contributed by atoms with Gasteiger partial charge in [-0.05, 0) is 83.1 Å². The van der Waals surface area contributed by atoms with Crippen LogP contribution in [-0.4, -0.2) is 28.7 Å². The average molecular weight is 497 g/mol. The third-order valence-corrected chi connectivity index (χ3v) is 5.56. The van der Waals surface area contributed by atoms with Crippen LogP contribution in [0, 0.1) is 0 Å². The summed E-state index contributed by atoms with van der Waals surface area (Å²) < 4.78 is 6.19. The van der Waals surface area contributed by atoms with Crippen LogP contribution in [0.15, 0.2) is 77.6 Å². The highest BCUT2D eigenvalue weighted by Gasteiger charge is 2.21. The van der Waals surface area contributed by atoms with Gasteiger partial charge in [-0.2, -0.15) is 0 Å². The van der Waals surface area contributed by atoms with Crippen molar-refractivity contribution in [1.29, 1.82) is 0 Å². The smallest absolute Gasteiger partial charge is 0.257 e. The second-order valence-electron chi connectivity index (χ2n) is 6.87. The van der Waals surface area contributed by atoms with Crippen LogP contribution in [0.1, 0.15) is 22.8 Å². The number of nitrogens with one attached hydrogen (secondary N) is 3. The van der Waals surface area contributed by atoms with Gasteiger partial charge < -0.3 is 20.3 Å². The van der Waals surface area contributed by atoms with Crippen LogP contribution in [0.25, 0.3) is 5.70 Å². The van der Waals surface area contributed by atoms with Gasteiger partial charge in [0.25, 0.3) is 5.91 Å². The lowest BCUT2D eigenvalue weighted by atomic mass is 10.1. The minimum absolute atomic E-state index is 0.156. The molecule has 0 fully saturated rings. The number of anilines is 1. The number of ether oxygens (including phenoxy) is 1. The maximum Gasteiger partial charge on any atom is 0.257 e. The predicted molar refractivity (Wildman–Crippen MR) is 130 cm³/mol. The average Bonchev–Trinajstić information content (AvgIpc) is 3.20. The van der Waals surface area contributed by atoms with Crippen LogP contribution < -0.4 is 20.7 Å². The lowest BCUT2D eigenvalue weighted by molar-refractivity contribution is 0.0977. The van der Waals surface area contributed by atoms with Gasteiger partial charge in [-0.25, -0.2) is 0 Å². The summed E-state index contributed by atoms with van der Waals surface area (Å²) in [6.07, 6.45) is 10.4. The third kappa shape index (κ3) is 4.98. The van der Waals surface area contributed by atoms with E-state index in [-0.39, 0.29) is 17.2 Å². The number of fused-ring (bicyclic) bond motifs is 1. The van der Waals surface area contributed by atoms with Crippen LogP contribution in [0.2, 0.25) is 0 Å². The molecule has 4 rings (SSSR count). The summed E-state index contributed by atoms with van der Waals surface area (Å²) in [7, 11) is 0. The molecular formula is C23H21BrN4O2S. The standard InChI is InChI=1S/C23H21BrN4O2S/c1-2-30-20-11-8-16(13-18(20)24)22(29)27-23(31)25-17-9-6-15(7-10-17)19-14-28-12-4-3-5-21(28)26-19/h3-14,21,26H,2H2,1H3,(H2,25,27,29,31)/t21-/m1/s1. The monoisotopic (exact) mass is 496 g/mol. The van der Waals surface area contributed by atoms with Gasteiger partial charge in [0.1, 0.15) is 11.9 Å². The van der Waals surface area contributed by atoms with Gasteiger partial charge in [-0.15, -0.1) is 0 Å². The highest BCUT2D eigenvalue weighted by molar-refractivity contribution is 9.10. The van der Waals surface area contributed by atoms with E-state index in [4.69, 9.17) is 17.0 Å². The molecule has 2 aromatic carbocycles. The first-order valence-electron chi connectivity index (χ1n) is 9.79. The lowest BCUT2D eigenvalue weighted by Crippen LogP contribution is -2.34.